The molecule has 0 fully saturated rings. The molecule has 23 heavy (non-hydrogen) atoms. The molecule has 0 aliphatic heterocycles. The molecule has 2 aromatic carbocycles. The fourth-order valence-corrected chi connectivity index (χ4v) is 3.79. The van der Waals surface area contributed by atoms with Crippen LogP contribution in [-0.2, 0) is 4.79 Å². The Hall–Kier alpha value is -1.89. The number of carbonyl (C=O) groups excluding carboxylic acids is 1. The minimum Gasteiger partial charge on any atom is -0.272 e. The first-order chi connectivity index (χ1) is 11.2. The van der Waals surface area contributed by atoms with E-state index in [-0.39, 0.29) is 11.7 Å². The van der Waals surface area contributed by atoms with E-state index in [1.807, 2.05) is 36.4 Å². The monoisotopic (exact) mass is 361 g/mol. The highest BCUT2D eigenvalue weighted by molar-refractivity contribution is 8.01. The van der Waals surface area contributed by atoms with Gasteiger partial charge in [-0.25, -0.2) is 10.4 Å². The van der Waals surface area contributed by atoms with Crippen LogP contribution in [0.15, 0.2) is 58.0 Å². The van der Waals surface area contributed by atoms with Gasteiger partial charge in [-0.2, -0.15) is 5.10 Å². The molecular formula is C16H12ClN3OS2. The van der Waals surface area contributed by atoms with E-state index in [1.54, 1.807) is 29.7 Å². The van der Waals surface area contributed by atoms with Crippen LogP contribution in [0.1, 0.15) is 5.56 Å². The van der Waals surface area contributed by atoms with Gasteiger partial charge in [0, 0.05) is 5.02 Å². The Balaban J connectivity index is 1.50. The van der Waals surface area contributed by atoms with Gasteiger partial charge in [-0.3, -0.25) is 4.79 Å². The third kappa shape index (κ3) is 4.54. The van der Waals surface area contributed by atoms with E-state index in [0.29, 0.717) is 5.02 Å². The minimum atomic E-state index is -0.167. The van der Waals surface area contributed by atoms with Crippen LogP contribution >= 0.6 is 34.7 Å². The summed E-state index contributed by atoms with van der Waals surface area (Å²) in [6, 6.07) is 15.1. The molecular weight excluding hydrogens is 350 g/mol. The van der Waals surface area contributed by atoms with Gasteiger partial charge >= 0.3 is 0 Å². The van der Waals surface area contributed by atoms with Crippen LogP contribution in [0.2, 0.25) is 5.02 Å². The molecule has 0 saturated heterocycles. The molecule has 7 heteroatoms. The number of amides is 1. The molecule has 1 heterocycles. The molecule has 3 aromatic rings. The predicted molar refractivity (Wildman–Crippen MR) is 97.5 cm³/mol. The molecule has 3 rings (SSSR count). The molecule has 0 aliphatic rings. The standard InChI is InChI=1S/C16H12ClN3OS2/c17-12-7-5-11(6-8-12)9-18-20-15(21)10-22-16-19-13-3-1-2-4-14(13)23-16/h1-9H,10H2,(H,20,21). The Morgan fingerprint density at radius 2 is 2.04 bits per heavy atom. The third-order valence-electron chi connectivity index (χ3n) is 2.87. The van der Waals surface area contributed by atoms with Gasteiger partial charge in [0.15, 0.2) is 4.34 Å². The van der Waals surface area contributed by atoms with E-state index in [1.165, 1.54) is 11.8 Å². The van der Waals surface area contributed by atoms with Gasteiger partial charge in [-0.15, -0.1) is 11.3 Å². The summed E-state index contributed by atoms with van der Waals surface area (Å²) in [5.74, 6) is 0.108. The summed E-state index contributed by atoms with van der Waals surface area (Å²) in [5.41, 5.74) is 4.33. The largest absolute Gasteiger partial charge is 0.272 e. The summed E-state index contributed by atoms with van der Waals surface area (Å²) in [6.45, 7) is 0. The van der Waals surface area contributed by atoms with Crippen LogP contribution in [-0.4, -0.2) is 22.9 Å². The highest BCUT2D eigenvalue weighted by atomic mass is 35.5. The molecule has 1 N–H and O–H groups in total. The smallest absolute Gasteiger partial charge is 0.250 e. The van der Waals surface area contributed by atoms with Crippen LogP contribution in [0.25, 0.3) is 10.2 Å². The zero-order valence-corrected chi connectivity index (χ0v) is 14.3. The Kier molecular flexibility index (Phi) is 5.27. The molecule has 0 unspecified atom stereocenters. The highest BCUT2D eigenvalue weighted by Gasteiger charge is 2.06. The van der Waals surface area contributed by atoms with Crippen molar-refractivity contribution in [1.82, 2.24) is 10.4 Å². The first-order valence-electron chi connectivity index (χ1n) is 6.76. The maximum absolute atomic E-state index is 11.8. The van der Waals surface area contributed by atoms with Crippen LogP contribution in [0, 0.1) is 0 Å². The van der Waals surface area contributed by atoms with Crippen molar-refractivity contribution >= 4 is 57.0 Å². The Labute approximate surface area is 146 Å². The molecule has 1 amide bonds. The molecule has 0 spiro atoms. The number of fused-ring (bicyclic) bond motifs is 1. The van der Waals surface area contributed by atoms with Gasteiger partial charge in [-0.05, 0) is 29.8 Å². The van der Waals surface area contributed by atoms with Crippen LogP contribution in [0.5, 0.6) is 0 Å². The lowest BCUT2D eigenvalue weighted by Crippen LogP contribution is -2.19. The lowest BCUT2D eigenvalue weighted by atomic mass is 10.2. The summed E-state index contributed by atoms with van der Waals surface area (Å²) in [4.78, 5) is 16.3. The lowest BCUT2D eigenvalue weighted by molar-refractivity contribution is -0.118. The molecule has 1 aromatic heterocycles. The molecule has 0 saturated carbocycles. The number of para-hydroxylation sites is 1. The lowest BCUT2D eigenvalue weighted by Gasteiger charge is -1.98. The van der Waals surface area contributed by atoms with Crippen LogP contribution in [0.4, 0.5) is 0 Å². The van der Waals surface area contributed by atoms with Crippen molar-refractivity contribution in [1.29, 1.82) is 0 Å². The van der Waals surface area contributed by atoms with Crippen LogP contribution < -0.4 is 5.43 Å². The van der Waals surface area contributed by atoms with Gasteiger partial charge in [-0.1, -0.05) is 47.6 Å². The number of hydrazone groups is 1. The van der Waals surface area contributed by atoms with E-state index in [9.17, 15) is 4.79 Å². The van der Waals surface area contributed by atoms with E-state index < -0.39 is 0 Å². The van der Waals surface area contributed by atoms with Crippen molar-refractivity contribution in [3.63, 3.8) is 0 Å². The van der Waals surface area contributed by atoms with Crippen molar-refractivity contribution in [2.75, 3.05) is 5.75 Å². The molecule has 0 atom stereocenters. The maximum atomic E-state index is 11.8. The number of halogens is 1. The zero-order valence-electron chi connectivity index (χ0n) is 11.9. The van der Waals surface area contributed by atoms with E-state index in [4.69, 9.17) is 11.6 Å². The summed E-state index contributed by atoms with van der Waals surface area (Å²) < 4.78 is 2.00. The maximum Gasteiger partial charge on any atom is 0.250 e. The van der Waals surface area contributed by atoms with Crippen molar-refractivity contribution in [3.05, 3.63) is 59.1 Å². The van der Waals surface area contributed by atoms with Gasteiger partial charge in [0.05, 0.1) is 22.2 Å². The number of aromatic nitrogens is 1. The molecule has 0 aliphatic carbocycles. The molecule has 4 nitrogen and oxygen atoms in total. The number of hydrogen-bond donors (Lipinski definition) is 1. The van der Waals surface area contributed by atoms with E-state index >= 15 is 0 Å². The molecule has 0 bridgehead atoms. The van der Waals surface area contributed by atoms with E-state index in [0.717, 1.165) is 20.1 Å². The van der Waals surface area contributed by atoms with Crippen molar-refractivity contribution in [2.24, 2.45) is 5.10 Å². The average Bonchev–Trinajstić information content (AvgIpc) is 2.98. The van der Waals surface area contributed by atoms with Gasteiger partial charge in [0.25, 0.3) is 5.91 Å². The van der Waals surface area contributed by atoms with Crippen molar-refractivity contribution in [3.8, 4) is 0 Å². The first-order valence-corrected chi connectivity index (χ1v) is 8.94. The fraction of sp³-hybridized carbons (Fsp3) is 0.0625. The van der Waals surface area contributed by atoms with Crippen molar-refractivity contribution in [2.45, 2.75) is 4.34 Å². The Morgan fingerprint density at radius 3 is 2.83 bits per heavy atom. The van der Waals surface area contributed by atoms with Gasteiger partial charge < -0.3 is 0 Å². The summed E-state index contributed by atoms with van der Waals surface area (Å²) in [6.07, 6.45) is 1.58. The summed E-state index contributed by atoms with van der Waals surface area (Å²) >= 11 is 8.79. The summed E-state index contributed by atoms with van der Waals surface area (Å²) in [5, 5.41) is 4.59. The minimum absolute atomic E-state index is 0.167. The fourth-order valence-electron chi connectivity index (χ4n) is 1.80. The molecule has 116 valence electrons. The van der Waals surface area contributed by atoms with Crippen molar-refractivity contribution < 1.29 is 4.79 Å². The number of thiazole rings is 1. The summed E-state index contributed by atoms with van der Waals surface area (Å²) in [7, 11) is 0. The second-order valence-corrected chi connectivity index (χ2v) is 7.27. The highest BCUT2D eigenvalue weighted by Crippen LogP contribution is 2.28. The number of nitrogens with zero attached hydrogens (tertiary/aromatic N) is 2. The van der Waals surface area contributed by atoms with Gasteiger partial charge in [0.1, 0.15) is 0 Å². The number of nitrogens with one attached hydrogen (secondary N) is 1. The zero-order chi connectivity index (χ0) is 16.1. The normalized spacial score (nSPS) is 11.2. The quantitative estimate of drug-likeness (QED) is 0.421. The van der Waals surface area contributed by atoms with E-state index in [2.05, 4.69) is 15.5 Å². The predicted octanol–water partition coefficient (Wildman–Crippen LogP) is 4.19. The topological polar surface area (TPSA) is 54.4 Å². The third-order valence-corrected chi connectivity index (χ3v) is 5.31. The number of hydrogen-bond acceptors (Lipinski definition) is 5. The number of rotatable bonds is 5. The van der Waals surface area contributed by atoms with Gasteiger partial charge in [0.2, 0.25) is 0 Å². The first kappa shape index (κ1) is 16.0. The number of benzene rings is 2. The SMILES string of the molecule is O=C(CSc1nc2ccccc2s1)NN=Cc1ccc(Cl)cc1. The second-order valence-electron chi connectivity index (χ2n) is 4.58. The Morgan fingerprint density at radius 1 is 1.26 bits per heavy atom. The number of thioether (sulfide) groups is 1. The second kappa shape index (κ2) is 7.59. The van der Waals surface area contributed by atoms with Crippen LogP contribution in [0.3, 0.4) is 0 Å². The number of carbonyl (C=O) groups is 1. The average molecular weight is 362 g/mol. The Bertz CT molecular complexity index is 813. The molecule has 0 radical (unpaired) electrons.